The predicted octanol–water partition coefficient (Wildman–Crippen LogP) is 1.20. The van der Waals surface area contributed by atoms with Gasteiger partial charge in [0, 0.05) is 29.7 Å². The molecule has 0 radical (unpaired) electrons. The van der Waals surface area contributed by atoms with Gasteiger partial charge in [-0.3, -0.25) is 4.79 Å². The van der Waals surface area contributed by atoms with E-state index in [0.29, 0.717) is 13.0 Å². The van der Waals surface area contributed by atoms with Crippen molar-refractivity contribution in [2.24, 2.45) is 0 Å². The summed E-state index contributed by atoms with van der Waals surface area (Å²) < 4.78 is 2.34. The molecule has 12 heavy (non-hydrogen) atoms. The molecule has 0 aliphatic rings. The molecule has 0 saturated carbocycles. The summed E-state index contributed by atoms with van der Waals surface area (Å²) >= 11 is 3.24. The molecular formula is C8H8BrNO2. The van der Waals surface area contributed by atoms with Crippen molar-refractivity contribution in [3.05, 3.63) is 33.2 Å². The number of aldehydes is 1. The van der Waals surface area contributed by atoms with Gasteiger partial charge in [0.1, 0.15) is 6.29 Å². The molecule has 0 N–H and O–H groups in total. The quantitative estimate of drug-likeness (QED) is 0.732. The summed E-state index contributed by atoms with van der Waals surface area (Å²) in [5.74, 6) is 0. The molecule has 0 bridgehead atoms. The third-order valence-electron chi connectivity index (χ3n) is 1.44. The summed E-state index contributed by atoms with van der Waals surface area (Å²) in [6.45, 7) is 0.446. The Kier molecular flexibility index (Phi) is 3.22. The lowest BCUT2D eigenvalue weighted by atomic mass is 10.4. The minimum Gasteiger partial charge on any atom is -0.314 e. The van der Waals surface area contributed by atoms with Gasteiger partial charge in [0.15, 0.2) is 0 Å². The highest BCUT2D eigenvalue weighted by molar-refractivity contribution is 9.10. The largest absolute Gasteiger partial charge is 0.314 e. The number of nitrogens with zero attached hydrogens (tertiary/aromatic N) is 1. The zero-order chi connectivity index (χ0) is 8.97. The summed E-state index contributed by atoms with van der Waals surface area (Å²) in [6, 6.07) is 3.15. The molecule has 1 aromatic heterocycles. The first-order valence-corrected chi connectivity index (χ1v) is 4.33. The Balaban J connectivity index is 2.89. The molecule has 64 valence electrons. The van der Waals surface area contributed by atoms with Gasteiger partial charge in [-0.2, -0.15) is 0 Å². The molecule has 0 amide bonds. The maximum atomic E-state index is 11.1. The van der Waals surface area contributed by atoms with Crippen LogP contribution in [-0.4, -0.2) is 10.9 Å². The lowest BCUT2D eigenvalue weighted by molar-refractivity contribution is -0.108. The minimum absolute atomic E-state index is 0.0833. The summed E-state index contributed by atoms with van der Waals surface area (Å²) in [5, 5.41) is 0. The van der Waals surface area contributed by atoms with E-state index in [9.17, 15) is 9.59 Å². The Morgan fingerprint density at radius 1 is 1.50 bits per heavy atom. The van der Waals surface area contributed by atoms with Crippen molar-refractivity contribution < 1.29 is 4.79 Å². The Morgan fingerprint density at radius 3 is 2.92 bits per heavy atom. The van der Waals surface area contributed by atoms with Gasteiger partial charge < -0.3 is 9.36 Å². The van der Waals surface area contributed by atoms with E-state index in [4.69, 9.17) is 0 Å². The van der Waals surface area contributed by atoms with Crippen LogP contribution in [0.2, 0.25) is 0 Å². The van der Waals surface area contributed by atoms with Crippen molar-refractivity contribution >= 4 is 22.2 Å². The molecule has 0 spiro atoms. The number of hydrogen-bond donors (Lipinski definition) is 0. The van der Waals surface area contributed by atoms with E-state index < -0.39 is 0 Å². The molecule has 1 aromatic rings. The van der Waals surface area contributed by atoms with E-state index in [-0.39, 0.29) is 5.56 Å². The van der Waals surface area contributed by atoms with Crippen LogP contribution in [0.1, 0.15) is 6.42 Å². The first kappa shape index (κ1) is 9.19. The Morgan fingerprint density at radius 2 is 2.25 bits per heavy atom. The summed E-state index contributed by atoms with van der Waals surface area (Å²) in [6.07, 6.45) is 2.84. The maximum Gasteiger partial charge on any atom is 0.250 e. The van der Waals surface area contributed by atoms with E-state index in [1.54, 1.807) is 12.3 Å². The molecule has 0 aliphatic heterocycles. The monoisotopic (exact) mass is 229 g/mol. The average molecular weight is 230 g/mol. The van der Waals surface area contributed by atoms with E-state index in [1.807, 2.05) is 0 Å². The zero-order valence-electron chi connectivity index (χ0n) is 6.37. The van der Waals surface area contributed by atoms with Gasteiger partial charge in [0.2, 0.25) is 0 Å². The number of aryl methyl sites for hydroxylation is 1. The molecule has 1 rings (SSSR count). The van der Waals surface area contributed by atoms with Crippen LogP contribution in [-0.2, 0) is 11.3 Å². The smallest absolute Gasteiger partial charge is 0.250 e. The fraction of sp³-hybridized carbons (Fsp3) is 0.250. The molecule has 0 fully saturated rings. The molecule has 0 aliphatic carbocycles. The topological polar surface area (TPSA) is 39.1 Å². The number of rotatable bonds is 3. The standard InChI is InChI=1S/C8H8BrNO2/c9-7-2-3-8(12)10(6-7)4-1-5-11/h2-3,5-6H,1,4H2. The first-order chi connectivity index (χ1) is 5.74. The SMILES string of the molecule is O=CCCn1cc(Br)ccc1=O. The second-order valence-corrected chi connectivity index (χ2v) is 3.25. The van der Waals surface area contributed by atoms with Crippen LogP contribution in [0.5, 0.6) is 0 Å². The normalized spacial score (nSPS) is 9.75. The summed E-state index contributed by atoms with van der Waals surface area (Å²) in [4.78, 5) is 21.2. The molecule has 4 heteroatoms. The summed E-state index contributed by atoms with van der Waals surface area (Å²) in [5.41, 5.74) is -0.0833. The van der Waals surface area contributed by atoms with Crippen molar-refractivity contribution in [3.63, 3.8) is 0 Å². The van der Waals surface area contributed by atoms with Crippen LogP contribution >= 0.6 is 15.9 Å². The van der Waals surface area contributed by atoms with Crippen molar-refractivity contribution in [2.75, 3.05) is 0 Å². The summed E-state index contributed by atoms with van der Waals surface area (Å²) in [7, 11) is 0. The fourth-order valence-corrected chi connectivity index (χ4v) is 1.25. The molecule has 3 nitrogen and oxygen atoms in total. The van der Waals surface area contributed by atoms with E-state index in [2.05, 4.69) is 15.9 Å². The Labute approximate surface area is 78.1 Å². The molecular weight excluding hydrogens is 222 g/mol. The fourth-order valence-electron chi connectivity index (χ4n) is 0.869. The number of aromatic nitrogens is 1. The van der Waals surface area contributed by atoms with Crippen LogP contribution in [0.3, 0.4) is 0 Å². The second-order valence-electron chi connectivity index (χ2n) is 2.33. The predicted molar refractivity (Wildman–Crippen MR) is 49.1 cm³/mol. The van der Waals surface area contributed by atoms with E-state index >= 15 is 0 Å². The van der Waals surface area contributed by atoms with Crippen molar-refractivity contribution in [1.82, 2.24) is 4.57 Å². The van der Waals surface area contributed by atoms with E-state index in [0.717, 1.165) is 10.8 Å². The van der Waals surface area contributed by atoms with Crippen LogP contribution in [0.15, 0.2) is 27.6 Å². The highest BCUT2D eigenvalue weighted by Gasteiger charge is 1.94. The zero-order valence-corrected chi connectivity index (χ0v) is 7.95. The lowest BCUT2D eigenvalue weighted by Gasteiger charge is -2.01. The van der Waals surface area contributed by atoms with Crippen molar-refractivity contribution in [2.45, 2.75) is 13.0 Å². The third-order valence-corrected chi connectivity index (χ3v) is 1.90. The van der Waals surface area contributed by atoms with Crippen LogP contribution in [0, 0.1) is 0 Å². The van der Waals surface area contributed by atoms with Crippen LogP contribution < -0.4 is 5.56 Å². The lowest BCUT2D eigenvalue weighted by Crippen LogP contribution is -2.18. The second kappa shape index (κ2) is 4.21. The van der Waals surface area contributed by atoms with Crippen LogP contribution in [0.4, 0.5) is 0 Å². The number of carbonyl (C=O) groups is 1. The highest BCUT2D eigenvalue weighted by Crippen LogP contribution is 2.04. The van der Waals surface area contributed by atoms with Gasteiger partial charge in [0.25, 0.3) is 5.56 Å². The minimum atomic E-state index is -0.0833. The third kappa shape index (κ3) is 2.30. The molecule has 0 unspecified atom stereocenters. The van der Waals surface area contributed by atoms with Gasteiger partial charge in [-0.1, -0.05) is 0 Å². The molecule has 1 heterocycles. The molecule has 0 atom stereocenters. The van der Waals surface area contributed by atoms with Gasteiger partial charge in [-0.25, -0.2) is 0 Å². The van der Waals surface area contributed by atoms with E-state index in [1.165, 1.54) is 10.6 Å². The number of pyridine rings is 1. The first-order valence-electron chi connectivity index (χ1n) is 3.53. The van der Waals surface area contributed by atoms with Gasteiger partial charge in [-0.05, 0) is 22.0 Å². The average Bonchev–Trinajstić information content (AvgIpc) is 2.07. The number of halogens is 1. The maximum absolute atomic E-state index is 11.1. The van der Waals surface area contributed by atoms with Crippen molar-refractivity contribution in [1.29, 1.82) is 0 Å². The van der Waals surface area contributed by atoms with Crippen molar-refractivity contribution in [3.8, 4) is 0 Å². The number of hydrogen-bond acceptors (Lipinski definition) is 2. The number of carbonyl (C=O) groups excluding carboxylic acids is 1. The highest BCUT2D eigenvalue weighted by atomic mass is 79.9. The van der Waals surface area contributed by atoms with Crippen LogP contribution in [0.25, 0.3) is 0 Å². The Bertz CT molecular complexity index is 332. The molecule has 0 aromatic carbocycles. The van der Waals surface area contributed by atoms with Gasteiger partial charge in [0.05, 0.1) is 0 Å². The Hall–Kier alpha value is -0.900. The van der Waals surface area contributed by atoms with Gasteiger partial charge in [-0.15, -0.1) is 0 Å². The molecule has 0 saturated heterocycles. The van der Waals surface area contributed by atoms with Gasteiger partial charge >= 0.3 is 0 Å².